The predicted octanol–water partition coefficient (Wildman–Crippen LogP) is 0.169. The minimum atomic E-state index is -0.877. The van der Waals surface area contributed by atoms with Crippen LogP contribution in [0.2, 0.25) is 0 Å². The Morgan fingerprint density at radius 2 is 1.78 bits per heavy atom. The van der Waals surface area contributed by atoms with Gasteiger partial charge in [-0.25, -0.2) is 9.18 Å². The summed E-state index contributed by atoms with van der Waals surface area (Å²) in [5, 5.41) is 2.02. The van der Waals surface area contributed by atoms with E-state index in [1.807, 2.05) is 10.2 Å². The molecular weight excluding hydrogens is 303 g/mol. The summed E-state index contributed by atoms with van der Waals surface area (Å²) in [6.07, 6.45) is 0.705. The first-order valence-corrected chi connectivity index (χ1v) is 7.32. The maximum absolute atomic E-state index is 12.9. The van der Waals surface area contributed by atoms with Gasteiger partial charge in [-0.15, -0.1) is 0 Å². The Labute approximate surface area is 133 Å². The number of nitrogens with one attached hydrogen (secondary N) is 1. The van der Waals surface area contributed by atoms with Crippen LogP contribution in [0.3, 0.4) is 0 Å². The first-order chi connectivity index (χ1) is 11.0. The van der Waals surface area contributed by atoms with E-state index in [4.69, 9.17) is 5.73 Å². The maximum atomic E-state index is 12.9. The van der Waals surface area contributed by atoms with Crippen LogP contribution < -0.4 is 11.1 Å². The molecule has 0 atom stereocenters. The Kier molecular flexibility index (Phi) is 5.64. The van der Waals surface area contributed by atoms with Gasteiger partial charge in [0, 0.05) is 31.7 Å². The van der Waals surface area contributed by atoms with Crippen molar-refractivity contribution in [2.24, 2.45) is 5.73 Å². The molecule has 1 aromatic rings. The molecule has 1 heterocycles. The summed E-state index contributed by atoms with van der Waals surface area (Å²) >= 11 is 0. The highest BCUT2D eigenvalue weighted by atomic mass is 19.1. The van der Waals surface area contributed by atoms with Gasteiger partial charge < -0.3 is 10.6 Å². The number of urea groups is 1. The molecule has 0 radical (unpaired) electrons. The van der Waals surface area contributed by atoms with Crippen LogP contribution in [-0.2, 0) is 4.79 Å². The number of hydrogen-bond acceptors (Lipinski definition) is 4. The number of carbonyl (C=O) groups excluding carboxylic acids is 3. The van der Waals surface area contributed by atoms with E-state index in [1.165, 1.54) is 24.3 Å². The van der Waals surface area contributed by atoms with Gasteiger partial charge >= 0.3 is 6.03 Å². The summed E-state index contributed by atoms with van der Waals surface area (Å²) in [6, 6.07) is 4.55. The molecule has 0 spiro atoms. The molecule has 4 amide bonds. The topological polar surface area (TPSA) is 95.7 Å². The third-order valence-electron chi connectivity index (χ3n) is 3.60. The van der Waals surface area contributed by atoms with E-state index in [0.717, 1.165) is 0 Å². The smallest absolute Gasteiger partial charge is 0.318 e. The Balaban J connectivity index is 1.90. The van der Waals surface area contributed by atoms with E-state index in [1.54, 1.807) is 4.90 Å². The monoisotopic (exact) mass is 322 g/mol. The standard InChI is InChI=1S/C15H19FN4O3/c16-12-4-2-11(3-5-12)14(22)20-7-1-6-19(8-9-20)10-13(21)18-15(17)23/h2-5H,1,6-10H2,(H3,17,18,21,23). The van der Waals surface area contributed by atoms with Gasteiger partial charge in [-0.3, -0.25) is 19.8 Å². The molecule has 3 N–H and O–H groups in total. The molecule has 23 heavy (non-hydrogen) atoms. The minimum absolute atomic E-state index is 0.0571. The van der Waals surface area contributed by atoms with Crippen LogP contribution in [0.25, 0.3) is 0 Å². The molecule has 0 bridgehead atoms. The van der Waals surface area contributed by atoms with Crippen molar-refractivity contribution in [1.82, 2.24) is 15.1 Å². The van der Waals surface area contributed by atoms with E-state index >= 15 is 0 Å². The van der Waals surface area contributed by atoms with E-state index in [0.29, 0.717) is 38.2 Å². The molecule has 124 valence electrons. The molecule has 1 saturated heterocycles. The summed E-state index contributed by atoms with van der Waals surface area (Å²) in [7, 11) is 0. The van der Waals surface area contributed by atoms with Gasteiger partial charge in [-0.2, -0.15) is 0 Å². The van der Waals surface area contributed by atoms with Crippen molar-refractivity contribution >= 4 is 17.8 Å². The highest BCUT2D eigenvalue weighted by Gasteiger charge is 2.21. The lowest BCUT2D eigenvalue weighted by Gasteiger charge is -2.21. The Morgan fingerprint density at radius 3 is 2.43 bits per heavy atom. The van der Waals surface area contributed by atoms with Crippen molar-refractivity contribution in [3.8, 4) is 0 Å². The van der Waals surface area contributed by atoms with Crippen LogP contribution in [0.4, 0.5) is 9.18 Å². The van der Waals surface area contributed by atoms with Crippen molar-refractivity contribution < 1.29 is 18.8 Å². The van der Waals surface area contributed by atoms with Crippen LogP contribution in [0.15, 0.2) is 24.3 Å². The third-order valence-corrected chi connectivity index (χ3v) is 3.60. The van der Waals surface area contributed by atoms with E-state index in [-0.39, 0.29) is 18.3 Å². The van der Waals surface area contributed by atoms with Crippen LogP contribution in [0.1, 0.15) is 16.8 Å². The van der Waals surface area contributed by atoms with Crippen LogP contribution in [0.5, 0.6) is 0 Å². The van der Waals surface area contributed by atoms with Crippen LogP contribution in [-0.4, -0.2) is 60.4 Å². The lowest BCUT2D eigenvalue weighted by atomic mass is 10.2. The largest absolute Gasteiger partial charge is 0.351 e. The average molecular weight is 322 g/mol. The first kappa shape index (κ1) is 16.9. The Bertz CT molecular complexity index is 591. The Morgan fingerprint density at radius 1 is 1.09 bits per heavy atom. The summed E-state index contributed by atoms with van der Waals surface area (Å²) in [4.78, 5) is 38.1. The highest BCUT2D eigenvalue weighted by molar-refractivity contribution is 5.95. The summed E-state index contributed by atoms with van der Waals surface area (Å²) in [5.74, 6) is -1.01. The molecule has 1 aliphatic heterocycles. The first-order valence-electron chi connectivity index (χ1n) is 7.32. The Hall–Kier alpha value is -2.48. The number of benzene rings is 1. The SMILES string of the molecule is NC(=O)NC(=O)CN1CCCN(C(=O)c2ccc(F)cc2)CC1. The molecule has 1 aromatic carbocycles. The fourth-order valence-electron chi connectivity index (χ4n) is 2.49. The van der Waals surface area contributed by atoms with Crippen molar-refractivity contribution in [2.45, 2.75) is 6.42 Å². The van der Waals surface area contributed by atoms with E-state index < -0.39 is 11.9 Å². The fraction of sp³-hybridized carbons (Fsp3) is 0.400. The van der Waals surface area contributed by atoms with E-state index in [9.17, 15) is 18.8 Å². The molecule has 0 aliphatic carbocycles. The lowest BCUT2D eigenvalue weighted by Crippen LogP contribution is -2.43. The molecular formula is C15H19FN4O3. The second-order valence-electron chi connectivity index (χ2n) is 5.34. The normalized spacial score (nSPS) is 15.8. The van der Waals surface area contributed by atoms with Crippen molar-refractivity contribution in [3.63, 3.8) is 0 Å². The minimum Gasteiger partial charge on any atom is -0.351 e. The molecule has 1 fully saturated rings. The zero-order valence-electron chi connectivity index (χ0n) is 12.6. The highest BCUT2D eigenvalue weighted by Crippen LogP contribution is 2.10. The van der Waals surface area contributed by atoms with Gasteiger partial charge in [0.25, 0.3) is 5.91 Å². The quantitative estimate of drug-likeness (QED) is 0.829. The molecule has 2 rings (SSSR count). The van der Waals surface area contributed by atoms with Gasteiger partial charge in [0.1, 0.15) is 5.82 Å². The van der Waals surface area contributed by atoms with Gasteiger partial charge in [0.2, 0.25) is 5.91 Å². The number of imide groups is 1. The van der Waals surface area contributed by atoms with Crippen molar-refractivity contribution in [2.75, 3.05) is 32.7 Å². The van der Waals surface area contributed by atoms with Crippen molar-refractivity contribution in [3.05, 3.63) is 35.6 Å². The number of halogens is 1. The van der Waals surface area contributed by atoms with Gasteiger partial charge in [-0.05, 0) is 30.7 Å². The second kappa shape index (κ2) is 7.68. The summed E-state index contributed by atoms with van der Waals surface area (Å²) < 4.78 is 12.9. The lowest BCUT2D eigenvalue weighted by molar-refractivity contribution is -0.121. The average Bonchev–Trinajstić information content (AvgIpc) is 2.72. The summed E-state index contributed by atoms with van der Waals surface area (Å²) in [6.45, 7) is 2.23. The number of rotatable bonds is 3. The van der Waals surface area contributed by atoms with Gasteiger partial charge in [-0.1, -0.05) is 0 Å². The molecule has 7 nitrogen and oxygen atoms in total. The second-order valence-corrected chi connectivity index (χ2v) is 5.34. The van der Waals surface area contributed by atoms with E-state index in [2.05, 4.69) is 0 Å². The molecule has 0 unspecified atom stereocenters. The number of carbonyl (C=O) groups is 3. The summed E-state index contributed by atoms with van der Waals surface area (Å²) in [5.41, 5.74) is 5.33. The number of nitrogens with two attached hydrogens (primary N) is 1. The molecule has 0 aromatic heterocycles. The van der Waals surface area contributed by atoms with Crippen LogP contribution >= 0.6 is 0 Å². The van der Waals surface area contributed by atoms with Gasteiger partial charge in [0.05, 0.1) is 6.54 Å². The number of nitrogens with zero attached hydrogens (tertiary/aromatic N) is 2. The van der Waals surface area contributed by atoms with Crippen LogP contribution in [0, 0.1) is 5.82 Å². The number of amides is 4. The molecule has 1 aliphatic rings. The van der Waals surface area contributed by atoms with Gasteiger partial charge in [0.15, 0.2) is 0 Å². The molecule has 0 saturated carbocycles. The zero-order chi connectivity index (χ0) is 16.8. The molecule has 8 heteroatoms. The maximum Gasteiger partial charge on any atom is 0.318 e. The predicted molar refractivity (Wildman–Crippen MR) is 81.1 cm³/mol. The number of primary amides is 1. The van der Waals surface area contributed by atoms with Crippen molar-refractivity contribution in [1.29, 1.82) is 0 Å². The fourth-order valence-corrected chi connectivity index (χ4v) is 2.49. The third kappa shape index (κ3) is 5.03. The zero-order valence-corrected chi connectivity index (χ0v) is 12.6. The number of hydrogen-bond donors (Lipinski definition) is 2.